The van der Waals surface area contributed by atoms with Crippen molar-refractivity contribution < 1.29 is 0 Å². The summed E-state index contributed by atoms with van der Waals surface area (Å²) >= 11 is 0. The first kappa shape index (κ1) is 18.1. The van der Waals surface area contributed by atoms with Crippen LogP contribution in [0.1, 0.15) is 66.9 Å². The molecular weight excluding hydrogens is 254 g/mol. The Morgan fingerprint density at radius 2 is 1.67 bits per heavy atom. The fourth-order valence-electron chi connectivity index (χ4n) is 3.04. The van der Waals surface area contributed by atoms with Gasteiger partial charge in [-0.1, -0.05) is 66.2 Å². The number of fused-ring (bicyclic) bond motifs is 1. The van der Waals surface area contributed by atoms with Crippen molar-refractivity contribution in [3.63, 3.8) is 0 Å². The lowest BCUT2D eigenvalue weighted by Crippen LogP contribution is -2.42. The van der Waals surface area contributed by atoms with E-state index in [0.717, 1.165) is 5.92 Å². The van der Waals surface area contributed by atoms with Gasteiger partial charge in [-0.05, 0) is 42.7 Å². The first-order valence-corrected chi connectivity index (χ1v) is 8.64. The molecule has 0 amide bonds. The Kier molecular flexibility index (Phi) is 6.77. The van der Waals surface area contributed by atoms with Crippen molar-refractivity contribution in [2.45, 2.75) is 73.8 Å². The number of benzene rings is 1. The minimum atomic E-state index is 0.395. The van der Waals surface area contributed by atoms with Crippen LogP contribution in [0, 0.1) is 11.3 Å². The van der Waals surface area contributed by atoms with Crippen LogP contribution in [0.25, 0.3) is 0 Å². The molecule has 1 nitrogen and oxygen atoms in total. The summed E-state index contributed by atoms with van der Waals surface area (Å²) in [7, 11) is 0. The zero-order valence-electron chi connectivity index (χ0n) is 15.2. The van der Waals surface area contributed by atoms with Crippen molar-refractivity contribution in [2.24, 2.45) is 11.3 Å². The fraction of sp³-hybridized carbons (Fsp3) is 0.700. The smallest absolute Gasteiger partial charge is 0.0402 e. The first-order chi connectivity index (χ1) is 9.79. The summed E-state index contributed by atoms with van der Waals surface area (Å²) in [5, 5.41) is 0. The largest absolute Gasteiger partial charge is 0.368 e. The summed E-state index contributed by atoms with van der Waals surface area (Å²) < 4.78 is 0. The molecule has 1 heterocycles. The quantitative estimate of drug-likeness (QED) is 0.664. The number of anilines is 1. The van der Waals surface area contributed by atoms with Crippen LogP contribution >= 0.6 is 0 Å². The van der Waals surface area contributed by atoms with Crippen molar-refractivity contribution in [1.29, 1.82) is 0 Å². The van der Waals surface area contributed by atoms with Crippen molar-refractivity contribution in [3.8, 4) is 0 Å². The third-order valence-electron chi connectivity index (χ3n) is 4.42. The maximum atomic E-state index is 2.60. The number of hydrogen-bond donors (Lipinski definition) is 0. The molecule has 0 spiro atoms. The molecule has 0 aromatic heterocycles. The zero-order valence-corrected chi connectivity index (χ0v) is 15.2. The van der Waals surface area contributed by atoms with Crippen LogP contribution in [0.3, 0.4) is 0 Å². The zero-order chi connectivity index (χ0) is 16.0. The number of rotatable bonds is 4. The van der Waals surface area contributed by atoms with E-state index in [2.05, 4.69) is 77.6 Å². The van der Waals surface area contributed by atoms with E-state index in [-0.39, 0.29) is 0 Å². The maximum Gasteiger partial charge on any atom is 0.0402 e. The van der Waals surface area contributed by atoms with Gasteiger partial charge in [-0.2, -0.15) is 0 Å². The predicted octanol–water partition coefficient (Wildman–Crippen LogP) is 5.93. The summed E-state index contributed by atoms with van der Waals surface area (Å²) in [6.07, 6.45) is 3.78. The molecule has 0 aliphatic carbocycles. The lowest BCUT2D eigenvalue weighted by atomic mass is 9.80. The lowest BCUT2D eigenvalue weighted by molar-refractivity contribution is 0.264. The van der Waals surface area contributed by atoms with Crippen molar-refractivity contribution in [2.75, 3.05) is 11.4 Å². The van der Waals surface area contributed by atoms with E-state index in [1.807, 2.05) is 0 Å². The topological polar surface area (TPSA) is 3.24 Å². The van der Waals surface area contributed by atoms with Gasteiger partial charge in [0.05, 0.1) is 0 Å². The van der Waals surface area contributed by atoms with E-state index in [4.69, 9.17) is 0 Å². The van der Waals surface area contributed by atoms with Gasteiger partial charge in [0.2, 0.25) is 0 Å². The highest BCUT2D eigenvalue weighted by atomic mass is 15.2. The molecule has 2 rings (SSSR count). The summed E-state index contributed by atoms with van der Waals surface area (Å²) in [5.41, 5.74) is 3.38. The normalized spacial score (nSPS) is 15.5. The Hall–Kier alpha value is -0.980. The van der Waals surface area contributed by atoms with Gasteiger partial charge in [0.15, 0.2) is 0 Å². The van der Waals surface area contributed by atoms with Gasteiger partial charge in [-0.25, -0.2) is 0 Å². The molecule has 0 saturated carbocycles. The van der Waals surface area contributed by atoms with Crippen LogP contribution < -0.4 is 4.90 Å². The first-order valence-electron chi connectivity index (χ1n) is 8.64. The molecule has 1 aliphatic heterocycles. The second kappa shape index (κ2) is 7.87. The number of hydrogen-bond acceptors (Lipinski definition) is 1. The maximum absolute atomic E-state index is 2.60. The minimum Gasteiger partial charge on any atom is -0.368 e. The van der Waals surface area contributed by atoms with Gasteiger partial charge in [-0.15, -0.1) is 0 Å². The second-order valence-corrected chi connectivity index (χ2v) is 7.72. The van der Waals surface area contributed by atoms with Gasteiger partial charge in [0.1, 0.15) is 0 Å². The van der Waals surface area contributed by atoms with E-state index >= 15 is 0 Å². The Morgan fingerprint density at radius 1 is 1.10 bits per heavy atom. The summed E-state index contributed by atoms with van der Waals surface area (Å²) in [5.74, 6) is 0.833. The Bertz CT molecular complexity index is 417. The highest BCUT2D eigenvalue weighted by molar-refractivity contribution is 5.58. The molecule has 0 bridgehead atoms. The molecule has 120 valence electrons. The molecule has 1 aromatic carbocycles. The number of para-hydroxylation sites is 1. The molecule has 1 aliphatic rings. The Balaban J connectivity index is 0.000000491. The molecule has 1 unspecified atom stereocenters. The molecule has 0 fully saturated rings. The van der Waals surface area contributed by atoms with Crippen LogP contribution in [0.15, 0.2) is 24.3 Å². The monoisotopic (exact) mass is 289 g/mol. The molecular formula is C20H35N. The average Bonchev–Trinajstić information content (AvgIpc) is 2.80. The Labute approximate surface area is 132 Å². The number of nitrogens with zero attached hydrogens (tertiary/aromatic N) is 1. The highest BCUT2D eigenvalue weighted by Crippen LogP contribution is 2.37. The van der Waals surface area contributed by atoms with E-state index in [1.165, 1.54) is 37.1 Å². The van der Waals surface area contributed by atoms with E-state index in [0.29, 0.717) is 11.5 Å². The SMILES string of the molecule is CC(C)C.CCCC(C)(C)C(C)N1CCc2ccccc21. The Morgan fingerprint density at radius 3 is 2.24 bits per heavy atom. The van der Waals surface area contributed by atoms with Gasteiger partial charge >= 0.3 is 0 Å². The van der Waals surface area contributed by atoms with Crippen LogP contribution in [0.2, 0.25) is 0 Å². The van der Waals surface area contributed by atoms with Crippen LogP contribution in [-0.2, 0) is 6.42 Å². The van der Waals surface area contributed by atoms with E-state index in [1.54, 1.807) is 0 Å². The average molecular weight is 290 g/mol. The highest BCUT2D eigenvalue weighted by Gasteiger charge is 2.32. The second-order valence-electron chi connectivity index (χ2n) is 7.72. The summed E-state index contributed by atoms with van der Waals surface area (Å²) in [6, 6.07) is 9.49. The van der Waals surface area contributed by atoms with Gasteiger partial charge in [0.25, 0.3) is 0 Å². The van der Waals surface area contributed by atoms with Crippen molar-refractivity contribution in [3.05, 3.63) is 29.8 Å². The van der Waals surface area contributed by atoms with E-state index in [9.17, 15) is 0 Å². The minimum absolute atomic E-state index is 0.395. The van der Waals surface area contributed by atoms with E-state index < -0.39 is 0 Å². The molecule has 0 N–H and O–H groups in total. The van der Waals surface area contributed by atoms with Crippen LogP contribution in [0.5, 0.6) is 0 Å². The predicted molar refractivity (Wildman–Crippen MR) is 96.2 cm³/mol. The van der Waals surface area contributed by atoms with Gasteiger partial charge in [-0.3, -0.25) is 0 Å². The molecule has 0 radical (unpaired) electrons. The summed E-state index contributed by atoms with van der Waals surface area (Å²) in [6.45, 7) is 17.2. The summed E-state index contributed by atoms with van der Waals surface area (Å²) in [4.78, 5) is 2.60. The third kappa shape index (κ3) is 5.05. The van der Waals surface area contributed by atoms with Crippen LogP contribution in [0.4, 0.5) is 5.69 Å². The molecule has 0 saturated heterocycles. The van der Waals surface area contributed by atoms with Gasteiger partial charge in [0, 0.05) is 18.3 Å². The molecule has 1 aromatic rings. The third-order valence-corrected chi connectivity index (χ3v) is 4.42. The van der Waals surface area contributed by atoms with Gasteiger partial charge < -0.3 is 4.90 Å². The lowest BCUT2D eigenvalue weighted by Gasteiger charge is -2.39. The molecule has 1 heteroatoms. The fourth-order valence-corrected chi connectivity index (χ4v) is 3.04. The van der Waals surface area contributed by atoms with Crippen LogP contribution in [-0.4, -0.2) is 12.6 Å². The standard InChI is InChI=1S/C16H25N.C4H10/c1-5-11-16(3,4)13(2)17-12-10-14-8-6-7-9-15(14)17;1-4(2)3/h6-9,13H,5,10-12H2,1-4H3;4H,1-3H3. The molecule has 21 heavy (non-hydrogen) atoms. The molecule has 1 atom stereocenters. The van der Waals surface area contributed by atoms with Crippen molar-refractivity contribution >= 4 is 5.69 Å². The van der Waals surface area contributed by atoms with Crippen molar-refractivity contribution in [1.82, 2.24) is 0 Å².